The van der Waals surface area contributed by atoms with Gasteiger partial charge in [-0.2, -0.15) is 0 Å². The highest BCUT2D eigenvalue weighted by Crippen LogP contribution is 2.25. The van der Waals surface area contributed by atoms with Gasteiger partial charge in [-0.05, 0) is 51.6 Å². The van der Waals surface area contributed by atoms with Crippen molar-refractivity contribution in [3.63, 3.8) is 0 Å². The molecule has 0 aliphatic carbocycles. The quantitative estimate of drug-likeness (QED) is 0.307. The molecule has 120 valence electrons. The number of carbonyl (C=O) groups excluding carboxylic acids is 1. The predicted octanol–water partition coefficient (Wildman–Crippen LogP) is 4.95. The van der Waals surface area contributed by atoms with Crippen LogP contribution in [0.15, 0.2) is 0 Å². The molecule has 0 heterocycles. The largest absolute Gasteiger partial charge is 0.466 e. The van der Waals surface area contributed by atoms with Gasteiger partial charge in [0, 0.05) is 6.42 Å². The first-order chi connectivity index (χ1) is 9.22. The smallest absolute Gasteiger partial charge is 0.305 e. The van der Waals surface area contributed by atoms with E-state index < -0.39 is 16.6 Å². The van der Waals surface area contributed by atoms with Gasteiger partial charge in [0.1, 0.15) is 0 Å². The van der Waals surface area contributed by atoms with Gasteiger partial charge >= 0.3 is 5.97 Å². The molecule has 0 aromatic heterocycles. The van der Waals surface area contributed by atoms with Crippen molar-refractivity contribution in [1.29, 1.82) is 0 Å². The van der Waals surface area contributed by atoms with Crippen LogP contribution in [0.5, 0.6) is 0 Å². The molecule has 0 radical (unpaired) electrons. The Morgan fingerprint density at radius 1 is 0.900 bits per heavy atom. The Labute approximate surface area is 127 Å². The second-order valence-electron chi connectivity index (χ2n) is 6.74. The SMILES string of the molecule is CCCCC[Si](C)(C)O[Si](C)(C)CCCC(=O)OCC. The molecule has 0 saturated heterocycles. The molecule has 0 fully saturated rings. The summed E-state index contributed by atoms with van der Waals surface area (Å²) in [5.74, 6) is -0.0725. The first-order valence-electron chi connectivity index (χ1n) is 8.08. The number of hydrogen-bond donors (Lipinski definition) is 0. The Morgan fingerprint density at radius 2 is 1.45 bits per heavy atom. The van der Waals surface area contributed by atoms with Crippen molar-refractivity contribution in [2.75, 3.05) is 6.61 Å². The molecule has 0 aromatic rings. The van der Waals surface area contributed by atoms with E-state index in [0.29, 0.717) is 13.0 Å². The third kappa shape index (κ3) is 10.6. The molecular formula is C15H34O3Si2. The zero-order valence-electron chi connectivity index (χ0n) is 14.4. The van der Waals surface area contributed by atoms with Crippen molar-refractivity contribution in [3.8, 4) is 0 Å². The average molecular weight is 319 g/mol. The first kappa shape index (κ1) is 19.9. The van der Waals surface area contributed by atoms with Crippen LogP contribution in [0.1, 0.15) is 46.0 Å². The number of rotatable bonds is 11. The van der Waals surface area contributed by atoms with E-state index in [2.05, 4.69) is 33.1 Å². The summed E-state index contributed by atoms with van der Waals surface area (Å²) in [4.78, 5) is 11.3. The van der Waals surface area contributed by atoms with Gasteiger partial charge in [0.05, 0.1) is 6.61 Å². The molecule has 0 unspecified atom stereocenters. The van der Waals surface area contributed by atoms with Gasteiger partial charge in [-0.1, -0.05) is 26.2 Å². The van der Waals surface area contributed by atoms with Crippen molar-refractivity contribution >= 4 is 22.6 Å². The maximum atomic E-state index is 11.3. The molecule has 0 N–H and O–H groups in total. The number of unbranched alkanes of at least 4 members (excludes halogenated alkanes) is 2. The molecule has 0 spiro atoms. The molecule has 5 heteroatoms. The van der Waals surface area contributed by atoms with E-state index in [0.717, 1.165) is 12.5 Å². The minimum Gasteiger partial charge on any atom is -0.466 e. The van der Waals surface area contributed by atoms with Crippen molar-refractivity contribution in [1.82, 2.24) is 0 Å². The number of hydrogen-bond acceptors (Lipinski definition) is 3. The molecular weight excluding hydrogens is 284 g/mol. The normalized spacial score (nSPS) is 12.5. The van der Waals surface area contributed by atoms with E-state index in [4.69, 9.17) is 8.85 Å². The number of ether oxygens (including phenoxy) is 1. The average Bonchev–Trinajstić information content (AvgIpc) is 2.27. The maximum absolute atomic E-state index is 11.3. The van der Waals surface area contributed by atoms with Gasteiger partial charge < -0.3 is 8.85 Å². The summed E-state index contributed by atoms with van der Waals surface area (Å²) in [6, 6.07) is 2.31. The topological polar surface area (TPSA) is 35.5 Å². The minimum absolute atomic E-state index is 0.0725. The van der Waals surface area contributed by atoms with Crippen LogP contribution in [0.4, 0.5) is 0 Å². The van der Waals surface area contributed by atoms with E-state index in [-0.39, 0.29) is 5.97 Å². The first-order valence-corrected chi connectivity index (χ1v) is 14.3. The fourth-order valence-electron chi connectivity index (χ4n) is 2.54. The van der Waals surface area contributed by atoms with E-state index in [1.807, 2.05) is 6.92 Å². The second kappa shape index (κ2) is 9.74. The van der Waals surface area contributed by atoms with Crippen LogP contribution in [0.3, 0.4) is 0 Å². The summed E-state index contributed by atoms with van der Waals surface area (Å²) in [5.41, 5.74) is 0. The lowest BCUT2D eigenvalue weighted by Gasteiger charge is -2.34. The third-order valence-electron chi connectivity index (χ3n) is 3.40. The van der Waals surface area contributed by atoms with Crippen LogP contribution >= 0.6 is 0 Å². The Bertz CT molecular complexity index is 278. The molecule has 0 amide bonds. The van der Waals surface area contributed by atoms with E-state index >= 15 is 0 Å². The molecule has 0 atom stereocenters. The standard InChI is InChI=1S/C15H34O3Si2/c1-7-9-10-13-19(3,4)18-20(5,6)14-11-12-15(16)17-8-2/h7-14H2,1-6H3. The van der Waals surface area contributed by atoms with Gasteiger partial charge in [0.15, 0.2) is 16.6 Å². The lowest BCUT2D eigenvalue weighted by Crippen LogP contribution is -2.44. The highest BCUT2D eigenvalue weighted by molar-refractivity contribution is 6.84. The molecule has 0 saturated carbocycles. The van der Waals surface area contributed by atoms with Crippen LogP contribution in [0, 0.1) is 0 Å². The van der Waals surface area contributed by atoms with E-state index in [9.17, 15) is 4.79 Å². The predicted molar refractivity (Wildman–Crippen MR) is 91.1 cm³/mol. The molecule has 0 aliphatic rings. The Balaban J connectivity index is 4.06. The number of esters is 1. The molecule has 0 aromatic carbocycles. The fourth-order valence-corrected chi connectivity index (χ4v) is 11.5. The van der Waals surface area contributed by atoms with Crippen LogP contribution in [-0.2, 0) is 13.6 Å². The van der Waals surface area contributed by atoms with Crippen molar-refractivity contribution in [3.05, 3.63) is 0 Å². The Hall–Kier alpha value is -0.136. The monoisotopic (exact) mass is 318 g/mol. The summed E-state index contributed by atoms with van der Waals surface area (Å²) in [5, 5.41) is 0. The molecule has 20 heavy (non-hydrogen) atoms. The molecule has 0 rings (SSSR count). The Kier molecular flexibility index (Phi) is 9.67. The molecule has 0 bridgehead atoms. The summed E-state index contributed by atoms with van der Waals surface area (Å²) in [6.07, 6.45) is 5.31. The summed E-state index contributed by atoms with van der Waals surface area (Å²) in [7, 11) is -3.16. The van der Waals surface area contributed by atoms with Gasteiger partial charge in [-0.15, -0.1) is 0 Å². The Morgan fingerprint density at radius 3 is 1.95 bits per heavy atom. The lowest BCUT2D eigenvalue weighted by molar-refractivity contribution is -0.143. The zero-order chi connectivity index (χ0) is 15.6. The van der Waals surface area contributed by atoms with Gasteiger partial charge in [0.25, 0.3) is 0 Å². The highest BCUT2D eigenvalue weighted by Gasteiger charge is 2.32. The van der Waals surface area contributed by atoms with Crippen LogP contribution in [0.25, 0.3) is 0 Å². The van der Waals surface area contributed by atoms with Gasteiger partial charge in [-0.3, -0.25) is 4.79 Å². The lowest BCUT2D eigenvalue weighted by atomic mass is 10.3. The van der Waals surface area contributed by atoms with Gasteiger partial charge in [-0.25, -0.2) is 0 Å². The maximum Gasteiger partial charge on any atom is 0.305 e. The van der Waals surface area contributed by atoms with Crippen LogP contribution < -0.4 is 0 Å². The van der Waals surface area contributed by atoms with E-state index in [1.165, 1.54) is 25.3 Å². The van der Waals surface area contributed by atoms with Crippen molar-refractivity contribution < 1.29 is 13.6 Å². The number of carbonyl (C=O) groups is 1. The summed E-state index contributed by atoms with van der Waals surface area (Å²) >= 11 is 0. The summed E-state index contributed by atoms with van der Waals surface area (Å²) < 4.78 is 11.5. The zero-order valence-corrected chi connectivity index (χ0v) is 16.4. The van der Waals surface area contributed by atoms with Crippen LogP contribution in [0.2, 0.25) is 38.3 Å². The van der Waals surface area contributed by atoms with Crippen molar-refractivity contribution in [2.24, 2.45) is 0 Å². The second-order valence-corrected chi connectivity index (χ2v) is 15.6. The molecule has 0 aliphatic heterocycles. The molecule has 3 nitrogen and oxygen atoms in total. The van der Waals surface area contributed by atoms with Crippen LogP contribution in [-0.4, -0.2) is 29.2 Å². The van der Waals surface area contributed by atoms with Gasteiger partial charge in [0.2, 0.25) is 0 Å². The highest BCUT2D eigenvalue weighted by atomic mass is 28.4. The third-order valence-corrected chi connectivity index (χ3v) is 10.9. The minimum atomic E-state index is -1.63. The fraction of sp³-hybridized carbons (Fsp3) is 0.933. The summed E-state index contributed by atoms with van der Waals surface area (Å²) in [6.45, 7) is 13.8. The van der Waals surface area contributed by atoms with Crippen molar-refractivity contribution in [2.45, 2.75) is 84.2 Å². The van der Waals surface area contributed by atoms with E-state index in [1.54, 1.807) is 0 Å².